The summed E-state index contributed by atoms with van der Waals surface area (Å²) in [5.41, 5.74) is 2.99. The van der Waals surface area contributed by atoms with E-state index in [9.17, 15) is 20.1 Å². The Labute approximate surface area is 179 Å². The molecule has 4 N–H and O–H groups in total. The monoisotopic (exact) mass is 423 g/mol. The lowest BCUT2D eigenvalue weighted by Crippen LogP contribution is -2.52. The molecule has 0 radical (unpaired) electrons. The van der Waals surface area contributed by atoms with Crippen LogP contribution in [0.4, 0.5) is 0 Å². The number of ether oxygens (including phenoxy) is 2. The van der Waals surface area contributed by atoms with Gasteiger partial charge in [-0.2, -0.15) is 0 Å². The van der Waals surface area contributed by atoms with Crippen molar-refractivity contribution in [1.29, 1.82) is 0 Å². The van der Waals surface area contributed by atoms with E-state index in [0.29, 0.717) is 0 Å². The van der Waals surface area contributed by atoms with Crippen molar-refractivity contribution in [1.82, 2.24) is 5.32 Å². The topological polar surface area (TPSA) is 108 Å². The first-order valence-corrected chi connectivity index (χ1v) is 10.1. The van der Waals surface area contributed by atoms with Crippen LogP contribution in [-0.2, 0) is 9.53 Å². The molecule has 4 atom stereocenters. The van der Waals surface area contributed by atoms with Crippen molar-refractivity contribution in [3.63, 3.8) is 0 Å². The molecule has 1 aromatic rings. The fourth-order valence-electron chi connectivity index (χ4n) is 3.11. The van der Waals surface area contributed by atoms with Crippen molar-refractivity contribution in [3.8, 4) is 5.75 Å². The van der Waals surface area contributed by atoms with Crippen molar-refractivity contribution < 1.29 is 29.6 Å². The number of carbonyl (C=O) groups is 1. The minimum atomic E-state index is -1.60. The summed E-state index contributed by atoms with van der Waals surface area (Å²) in [7, 11) is 1.26. The molecule has 0 aliphatic carbocycles. The Morgan fingerprint density at radius 2 is 1.67 bits per heavy atom. The first kappa shape index (κ1) is 26.1. The van der Waals surface area contributed by atoms with Gasteiger partial charge >= 0.3 is 0 Å². The molecule has 7 heteroatoms. The third-order valence-electron chi connectivity index (χ3n) is 4.57. The number of rotatable bonds is 10. The zero-order chi connectivity index (χ0) is 23.1. The van der Waals surface area contributed by atoms with E-state index in [1.807, 2.05) is 53.7 Å². The van der Waals surface area contributed by atoms with Crippen LogP contribution in [0.2, 0.25) is 0 Å². The largest absolute Gasteiger partial charge is 0.491 e. The number of amides is 1. The molecule has 0 saturated carbocycles. The van der Waals surface area contributed by atoms with Gasteiger partial charge in [-0.1, -0.05) is 50.6 Å². The lowest BCUT2D eigenvalue weighted by atomic mass is 9.94. The summed E-state index contributed by atoms with van der Waals surface area (Å²) >= 11 is 0. The molecule has 0 bridgehead atoms. The fraction of sp³-hybridized carbons (Fsp3) is 0.609. The Balaban J connectivity index is 2.61. The molecule has 0 heterocycles. The number of benzene rings is 1. The quantitative estimate of drug-likeness (QED) is 0.338. The number of aliphatic hydroxyl groups excluding tert-OH is 3. The first-order valence-electron chi connectivity index (χ1n) is 10.1. The SMILES string of the molecule is CO[C@@H](C(=O)NCCOc1c(C)cc(C)cc1C)[C@H](O)[C@@H](O)[C@H](O)/C=C/C(C)(C)C. The maximum absolute atomic E-state index is 12.4. The second kappa shape index (κ2) is 11.5. The van der Waals surface area contributed by atoms with Crippen molar-refractivity contribution in [2.24, 2.45) is 5.41 Å². The molecule has 0 spiro atoms. The van der Waals surface area contributed by atoms with Gasteiger partial charge < -0.3 is 30.1 Å². The minimum absolute atomic E-state index is 0.195. The second-order valence-corrected chi connectivity index (χ2v) is 8.72. The van der Waals surface area contributed by atoms with Gasteiger partial charge in [-0.25, -0.2) is 0 Å². The molecule has 30 heavy (non-hydrogen) atoms. The van der Waals surface area contributed by atoms with Crippen molar-refractivity contribution in [2.45, 2.75) is 66.0 Å². The maximum atomic E-state index is 12.4. The molecule has 1 rings (SSSR count). The highest BCUT2D eigenvalue weighted by molar-refractivity contribution is 5.81. The second-order valence-electron chi connectivity index (χ2n) is 8.72. The number of methoxy groups -OCH3 is 1. The molecule has 0 aliphatic heterocycles. The van der Waals surface area contributed by atoms with Crippen LogP contribution in [-0.4, -0.2) is 65.9 Å². The minimum Gasteiger partial charge on any atom is -0.491 e. The van der Waals surface area contributed by atoms with Gasteiger partial charge in [-0.3, -0.25) is 4.79 Å². The molecule has 0 aromatic heterocycles. The third kappa shape index (κ3) is 8.07. The van der Waals surface area contributed by atoms with Gasteiger partial charge in [0.05, 0.1) is 6.54 Å². The van der Waals surface area contributed by atoms with Crippen LogP contribution in [0.5, 0.6) is 5.75 Å². The summed E-state index contributed by atoms with van der Waals surface area (Å²) in [6, 6.07) is 4.05. The number of aliphatic hydroxyl groups is 3. The fourth-order valence-corrected chi connectivity index (χ4v) is 3.11. The van der Waals surface area contributed by atoms with Crippen LogP contribution in [0.1, 0.15) is 37.5 Å². The van der Waals surface area contributed by atoms with Gasteiger partial charge in [-0.05, 0) is 37.3 Å². The van der Waals surface area contributed by atoms with Crippen LogP contribution in [0.3, 0.4) is 0 Å². The number of nitrogens with one attached hydrogen (secondary N) is 1. The molecule has 0 unspecified atom stereocenters. The highest BCUT2D eigenvalue weighted by atomic mass is 16.5. The Morgan fingerprint density at radius 1 is 1.10 bits per heavy atom. The first-order chi connectivity index (χ1) is 13.9. The average molecular weight is 424 g/mol. The predicted molar refractivity (Wildman–Crippen MR) is 117 cm³/mol. The summed E-state index contributed by atoms with van der Waals surface area (Å²) in [5.74, 6) is 0.180. The molecule has 1 aromatic carbocycles. The lowest BCUT2D eigenvalue weighted by molar-refractivity contribution is -0.149. The van der Waals surface area contributed by atoms with Gasteiger partial charge in [-0.15, -0.1) is 0 Å². The number of carbonyl (C=O) groups excluding carboxylic acids is 1. The van der Waals surface area contributed by atoms with E-state index in [1.165, 1.54) is 13.2 Å². The summed E-state index contributed by atoms with van der Waals surface area (Å²) in [6.45, 7) is 12.2. The van der Waals surface area contributed by atoms with Gasteiger partial charge in [0.2, 0.25) is 0 Å². The van der Waals surface area contributed by atoms with Gasteiger partial charge in [0.15, 0.2) is 6.10 Å². The summed E-state index contributed by atoms with van der Waals surface area (Å²) < 4.78 is 10.8. The van der Waals surface area contributed by atoms with Crippen molar-refractivity contribution >= 4 is 5.91 Å². The predicted octanol–water partition coefficient (Wildman–Crippen LogP) is 1.81. The molecular formula is C23H37NO6. The highest BCUT2D eigenvalue weighted by Crippen LogP contribution is 2.24. The van der Waals surface area contributed by atoms with Crippen LogP contribution in [0.25, 0.3) is 0 Å². The molecule has 0 aliphatic rings. The third-order valence-corrected chi connectivity index (χ3v) is 4.57. The van der Waals surface area contributed by atoms with E-state index in [0.717, 1.165) is 22.4 Å². The smallest absolute Gasteiger partial charge is 0.252 e. The number of hydrogen-bond acceptors (Lipinski definition) is 6. The zero-order valence-electron chi connectivity index (χ0n) is 19.1. The number of aryl methyl sites for hydroxylation is 3. The van der Waals surface area contributed by atoms with Crippen molar-refractivity contribution in [2.75, 3.05) is 20.3 Å². The van der Waals surface area contributed by atoms with E-state index in [4.69, 9.17) is 9.47 Å². The summed E-state index contributed by atoms with van der Waals surface area (Å²) in [6.07, 6.45) is -2.72. The van der Waals surface area contributed by atoms with E-state index in [2.05, 4.69) is 5.32 Å². The van der Waals surface area contributed by atoms with Gasteiger partial charge in [0.25, 0.3) is 5.91 Å². The Morgan fingerprint density at radius 3 is 2.17 bits per heavy atom. The van der Waals surface area contributed by atoms with E-state index in [1.54, 1.807) is 6.08 Å². The Hall–Kier alpha value is -1.93. The molecule has 7 nitrogen and oxygen atoms in total. The maximum Gasteiger partial charge on any atom is 0.252 e. The molecule has 170 valence electrons. The summed E-state index contributed by atoms with van der Waals surface area (Å²) in [5, 5.41) is 33.2. The Kier molecular flexibility index (Phi) is 9.97. The van der Waals surface area contributed by atoms with E-state index < -0.39 is 30.3 Å². The molecular weight excluding hydrogens is 386 g/mol. The van der Waals surface area contributed by atoms with E-state index in [-0.39, 0.29) is 18.6 Å². The number of allylic oxidation sites excluding steroid dienone is 1. The molecule has 0 saturated heterocycles. The molecule has 1 amide bonds. The summed E-state index contributed by atoms with van der Waals surface area (Å²) in [4.78, 5) is 12.4. The Bertz CT molecular complexity index is 702. The van der Waals surface area contributed by atoms with Crippen LogP contribution in [0.15, 0.2) is 24.3 Å². The van der Waals surface area contributed by atoms with Gasteiger partial charge in [0.1, 0.15) is 30.7 Å². The average Bonchev–Trinajstić information content (AvgIpc) is 2.63. The number of hydrogen-bond donors (Lipinski definition) is 4. The zero-order valence-corrected chi connectivity index (χ0v) is 19.1. The van der Waals surface area contributed by atoms with E-state index >= 15 is 0 Å². The normalized spacial score (nSPS) is 16.2. The van der Waals surface area contributed by atoms with Crippen LogP contribution < -0.4 is 10.1 Å². The van der Waals surface area contributed by atoms with Crippen LogP contribution in [0, 0.1) is 26.2 Å². The standard InChI is InChI=1S/C23H37NO6/c1-14-12-15(2)20(16(3)13-14)30-11-10-24-22(28)21(29-7)19(27)18(26)17(25)8-9-23(4,5)6/h8-9,12-13,17-19,21,25-27H,10-11H2,1-7H3,(H,24,28)/b9-8+/t17-,18+,19-,21-/m1/s1. The lowest BCUT2D eigenvalue weighted by Gasteiger charge is -2.27. The highest BCUT2D eigenvalue weighted by Gasteiger charge is 2.35. The van der Waals surface area contributed by atoms with Gasteiger partial charge in [0, 0.05) is 7.11 Å². The molecule has 0 fully saturated rings. The van der Waals surface area contributed by atoms with Crippen molar-refractivity contribution in [3.05, 3.63) is 41.0 Å². The van der Waals surface area contributed by atoms with Crippen LogP contribution >= 0.6 is 0 Å².